The molecule has 0 aromatic carbocycles. The predicted octanol–water partition coefficient (Wildman–Crippen LogP) is 2.08. The van der Waals surface area contributed by atoms with Crippen LogP contribution in [0.15, 0.2) is 30.7 Å². The molecule has 0 aliphatic carbocycles. The number of rotatable bonds is 3. The number of nitrogens with one attached hydrogen (secondary N) is 2. The summed E-state index contributed by atoms with van der Waals surface area (Å²) in [4.78, 5) is 16.0. The second-order valence-corrected chi connectivity index (χ2v) is 5.98. The van der Waals surface area contributed by atoms with E-state index in [0.29, 0.717) is 6.54 Å². The van der Waals surface area contributed by atoms with Crippen LogP contribution in [0.4, 0.5) is 4.79 Å². The smallest absolute Gasteiger partial charge is 0.315 e. The molecule has 2 heterocycles. The third kappa shape index (κ3) is 4.30. The van der Waals surface area contributed by atoms with Gasteiger partial charge in [0, 0.05) is 43.3 Å². The highest BCUT2D eigenvalue weighted by Gasteiger charge is 2.13. The van der Waals surface area contributed by atoms with Crippen molar-refractivity contribution >= 4 is 6.03 Å². The average molecular weight is 287 g/mol. The zero-order chi connectivity index (χ0) is 15.5. The number of aromatic nitrogens is 3. The summed E-state index contributed by atoms with van der Waals surface area (Å²) in [6.45, 7) is 6.26. The number of aryl methyl sites for hydroxylation is 1. The molecule has 0 unspecified atom stereocenters. The van der Waals surface area contributed by atoms with Crippen molar-refractivity contribution in [2.75, 3.05) is 0 Å². The largest absolute Gasteiger partial charge is 0.334 e. The Morgan fingerprint density at radius 2 is 2.10 bits per heavy atom. The average Bonchev–Trinajstić information content (AvgIpc) is 2.81. The van der Waals surface area contributed by atoms with Crippen molar-refractivity contribution in [1.29, 1.82) is 0 Å². The Morgan fingerprint density at radius 3 is 2.71 bits per heavy atom. The van der Waals surface area contributed by atoms with Crippen LogP contribution in [-0.2, 0) is 13.6 Å². The minimum atomic E-state index is -0.251. The van der Waals surface area contributed by atoms with Crippen LogP contribution in [0, 0.1) is 0 Å². The van der Waals surface area contributed by atoms with E-state index in [9.17, 15) is 4.79 Å². The number of pyridine rings is 1. The predicted molar refractivity (Wildman–Crippen MR) is 81.6 cm³/mol. The van der Waals surface area contributed by atoms with Crippen LogP contribution in [0.25, 0.3) is 11.3 Å². The van der Waals surface area contributed by atoms with Crippen LogP contribution < -0.4 is 10.6 Å². The van der Waals surface area contributed by atoms with Gasteiger partial charge in [0.25, 0.3) is 0 Å². The topological polar surface area (TPSA) is 71.8 Å². The standard InChI is InChI=1S/C15H21N5O/c1-15(2,3)19-14(21)17-9-11-7-12(10-16-8-11)13-5-6-18-20(13)4/h5-8,10H,9H2,1-4H3,(H2,17,19,21). The summed E-state index contributed by atoms with van der Waals surface area (Å²) in [6, 6.07) is 3.75. The number of carbonyl (C=O) groups excluding carboxylic acids is 1. The van der Waals surface area contributed by atoms with Crippen molar-refractivity contribution in [2.24, 2.45) is 7.05 Å². The van der Waals surface area contributed by atoms with Crippen molar-refractivity contribution in [3.63, 3.8) is 0 Å². The number of carbonyl (C=O) groups is 1. The van der Waals surface area contributed by atoms with Crippen molar-refractivity contribution in [3.05, 3.63) is 36.3 Å². The zero-order valence-electron chi connectivity index (χ0n) is 12.8. The van der Waals surface area contributed by atoms with Gasteiger partial charge in [-0.3, -0.25) is 9.67 Å². The Hall–Kier alpha value is -2.37. The van der Waals surface area contributed by atoms with Crippen molar-refractivity contribution in [2.45, 2.75) is 32.9 Å². The van der Waals surface area contributed by atoms with Gasteiger partial charge in [-0.25, -0.2) is 4.79 Å². The molecule has 0 spiro atoms. The highest BCUT2D eigenvalue weighted by atomic mass is 16.2. The van der Waals surface area contributed by atoms with E-state index in [2.05, 4.69) is 20.7 Å². The van der Waals surface area contributed by atoms with E-state index in [0.717, 1.165) is 16.8 Å². The fourth-order valence-electron chi connectivity index (χ4n) is 1.95. The number of urea groups is 1. The molecule has 0 radical (unpaired) electrons. The third-order valence-electron chi connectivity index (χ3n) is 2.85. The van der Waals surface area contributed by atoms with Gasteiger partial charge in [0.15, 0.2) is 0 Å². The van der Waals surface area contributed by atoms with Crippen LogP contribution in [0.5, 0.6) is 0 Å². The lowest BCUT2D eigenvalue weighted by molar-refractivity contribution is 0.231. The lowest BCUT2D eigenvalue weighted by atomic mass is 10.1. The Labute approximate surface area is 124 Å². The molecule has 2 N–H and O–H groups in total. The Kier molecular flexibility index (Phi) is 4.26. The van der Waals surface area contributed by atoms with Gasteiger partial charge < -0.3 is 10.6 Å². The summed E-state index contributed by atoms with van der Waals surface area (Å²) >= 11 is 0. The first-order chi connectivity index (χ1) is 9.85. The summed E-state index contributed by atoms with van der Waals surface area (Å²) in [6.07, 6.45) is 5.28. The minimum Gasteiger partial charge on any atom is -0.334 e. The minimum absolute atomic E-state index is 0.187. The summed E-state index contributed by atoms with van der Waals surface area (Å²) in [7, 11) is 1.89. The SMILES string of the molecule is Cn1nccc1-c1cncc(CNC(=O)NC(C)(C)C)c1. The molecule has 0 aliphatic rings. The van der Waals surface area contributed by atoms with Gasteiger partial charge in [0.1, 0.15) is 0 Å². The molecule has 0 saturated heterocycles. The van der Waals surface area contributed by atoms with Crippen LogP contribution in [0.1, 0.15) is 26.3 Å². The van der Waals surface area contributed by atoms with E-state index >= 15 is 0 Å². The molecule has 2 aromatic heterocycles. The van der Waals surface area contributed by atoms with E-state index in [1.165, 1.54) is 0 Å². The maximum atomic E-state index is 11.7. The molecular formula is C15H21N5O. The van der Waals surface area contributed by atoms with E-state index in [-0.39, 0.29) is 11.6 Å². The molecule has 2 rings (SSSR count). The fraction of sp³-hybridized carbons (Fsp3) is 0.400. The molecule has 2 amide bonds. The third-order valence-corrected chi connectivity index (χ3v) is 2.85. The van der Waals surface area contributed by atoms with Gasteiger partial charge in [-0.1, -0.05) is 0 Å². The summed E-state index contributed by atoms with van der Waals surface area (Å²) in [5.41, 5.74) is 2.66. The number of nitrogens with zero attached hydrogens (tertiary/aromatic N) is 3. The number of amides is 2. The van der Waals surface area contributed by atoms with Crippen LogP contribution in [0.3, 0.4) is 0 Å². The van der Waals surface area contributed by atoms with E-state index in [4.69, 9.17) is 0 Å². The molecule has 0 fully saturated rings. The normalized spacial score (nSPS) is 11.2. The molecule has 0 saturated carbocycles. The van der Waals surface area contributed by atoms with Crippen molar-refractivity contribution in [1.82, 2.24) is 25.4 Å². The Morgan fingerprint density at radius 1 is 1.33 bits per heavy atom. The second-order valence-electron chi connectivity index (χ2n) is 5.98. The summed E-state index contributed by atoms with van der Waals surface area (Å²) in [5.74, 6) is 0. The van der Waals surface area contributed by atoms with Crippen LogP contribution in [0.2, 0.25) is 0 Å². The van der Waals surface area contributed by atoms with Crippen molar-refractivity contribution in [3.8, 4) is 11.3 Å². The zero-order valence-corrected chi connectivity index (χ0v) is 12.8. The maximum absolute atomic E-state index is 11.7. The lowest BCUT2D eigenvalue weighted by Crippen LogP contribution is -2.46. The molecule has 6 heteroatoms. The first-order valence-electron chi connectivity index (χ1n) is 6.83. The first kappa shape index (κ1) is 15.0. The lowest BCUT2D eigenvalue weighted by Gasteiger charge is -2.20. The molecular weight excluding hydrogens is 266 g/mol. The summed E-state index contributed by atoms with van der Waals surface area (Å²) < 4.78 is 1.79. The number of hydrogen-bond acceptors (Lipinski definition) is 3. The number of hydrogen-bond donors (Lipinski definition) is 2. The molecule has 2 aromatic rings. The maximum Gasteiger partial charge on any atom is 0.315 e. The van der Waals surface area contributed by atoms with Crippen LogP contribution in [-0.4, -0.2) is 26.3 Å². The molecule has 0 atom stereocenters. The van der Waals surface area contributed by atoms with Gasteiger partial charge in [-0.2, -0.15) is 5.10 Å². The van der Waals surface area contributed by atoms with Crippen LogP contribution >= 0.6 is 0 Å². The summed E-state index contributed by atoms with van der Waals surface area (Å²) in [5, 5.41) is 9.83. The highest BCUT2D eigenvalue weighted by Crippen LogP contribution is 2.17. The highest BCUT2D eigenvalue weighted by molar-refractivity contribution is 5.74. The molecule has 6 nitrogen and oxygen atoms in total. The van der Waals surface area contributed by atoms with Gasteiger partial charge in [0.05, 0.1) is 5.69 Å². The molecule has 0 bridgehead atoms. The van der Waals surface area contributed by atoms with Gasteiger partial charge >= 0.3 is 6.03 Å². The molecule has 21 heavy (non-hydrogen) atoms. The second kappa shape index (κ2) is 5.95. The Bertz CT molecular complexity index is 627. The quantitative estimate of drug-likeness (QED) is 0.908. The molecule has 0 aliphatic heterocycles. The first-order valence-corrected chi connectivity index (χ1v) is 6.83. The van der Waals surface area contributed by atoms with E-state index in [1.807, 2.05) is 40.0 Å². The van der Waals surface area contributed by atoms with E-state index in [1.54, 1.807) is 23.3 Å². The van der Waals surface area contributed by atoms with Gasteiger partial charge in [0.2, 0.25) is 0 Å². The van der Waals surface area contributed by atoms with Gasteiger partial charge in [-0.15, -0.1) is 0 Å². The van der Waals surface area contributed by atoms with Gasteiger partial charge in [-0.05, 0) is 38.5 Å². The molecule has 112 valence electrons. The Balaban J connectivity index is 2.02. The monoisotopic (exact) mass is 287 g/mol. The fourth-order valence-corrected chi connectivity index (χ4v) is 1.95. The van der Waals surface area contributed by atoms with Crippen molar-refractivity contribution < 1.29 is 4.79 Å². The van der Waals surface area contributed by atoms with E-state index < -0.39 is 0 Å².